The SMILES string of the molecule is NC(=O)c1cc(-c2csc(NC(=O)c3ccc(N4CCCC4)nc3)n2)c[nH]1. The average molecular weight is 382 g/mol. The molecule has 9 heteroatoms. The van der Waals surface area contributed by atoms with Crippen LogP contribution in [0.2, 0.25) is 0 Å². The first-order chi connectivity index (χ1) is 13.1. The standard InChI is InChI=1S/C18H18N6O2S/c19-16(25)13-7-12(9-20-13)14-10-27-18(22-14)23-17(26)11-3-4-15(21-8-11)24-5-1-2-6-24/h3-4,7-10,20H,1-2,5-6H2,(H2,19,25)(H,22,23,26). The van der Waals surface area contributed by atoms with Crippen molar-refractivity contribution in [3.63, 3.8) is 0 Å². The smallest absolute Gasteiger partial charge is 0.265 e. The first-order valence-electron chi connectivity index (χ1n) is 8.56. The Labute approximate surface area is 159 Å². The van der Waals surface area contributed by atoms with Gasteiger partial charge in [0.05, 0.1) is 11.3 Å². The van der Waals surface area contributed by atoms with E-state index in [2.05, 4.69) is 25.2 Å². The molecule has 0 aromatic carbocycles. The Morgan fingerprint density at radius 1 is 1.26 bits per heavy atom. The Morgan fingerprint density at radius 2 is 2.07 bits per heavy atom. The number of H-pyrrole nitrogens is 1. The van der Waals surface area contributed by atoms with Gasteiger partial charge in [0, 0.05) is 36.4 Å². The quantitative estimate of drug-likeness (QED) is 0.627. The van der Waals surface area contributed by atoms with Gasteiger partial charge in [0.2, 0.25) is 0 Å². The maximum absolute atomic E-state index is 12.4. The van der Waals surface area contributed by atoms with Crippen molar-refractivity contribution in [3.05, 3.63) is 47.2 Å². The summed E-state index contributed by atoms with van der Waals surface area (Å²) in [6.45, 7) is 2.02. The van der Waals surface area contributed by atoms with Crippen molar-refractivity contribution in [3.8, 4) is 11.3 Å². The number of nitrogens with one attached hydrogen (secondary N) is 2. The number of rotatable bonds is 5. The highest BCUT2D eigenvalue weighted by Crippen LogP contribution is 2.26. The highest BCUT2D eigenvalue weighted by Gasteiger charge is 2.15. The Kier molecular flexibility index (Phi) is 4.59. The van der Waals surface area contributed by atoms with Gasteiger partial charge < -0.3 is 15.6 Å². The number of nitrogens with two attached hydrogens (primary N) is 1. The summed E-state index contributed by atoms with van der Waals surface area (Å²) in [6.07, 6.45) is 5.60. The first-order valence-corrected chi connectivity index (χ1v) is 9.44. The number of aromatic nitrogens is 3. The van der Waals surface area contributed by atoms with Gasteiger partial charge in [0.15, 0.2) is 5.13 Å². The molecule has 1 aliphatic rings. The number of carbonyl (C=O) groups is 2. The lowest BCUT2D eigenvalue weighted by Gasteiger charge is -2.15. The molecular weight excluding hydrogens is 364 g/mol. The number of pyridine rings is 1. The highest BCUT2D eigenvalue weighted by molar-refractivity contribution is 7.14. The lowest BCUT2D eigenvalue weighted by Crippen LogP contribution is -2.19. The molecule has 4 rings (SSSR count). The largest absolute Gasteiger partial charge is 0.364 e. The number of amides is 2. The van der Waals surface area contributed by atoms with Gasteiger partial charge in [-0.2, -0.15) is 0 Å². The van der Waals surface area contributed by atoms with Crippen LogP contribution in [0.4, 0.5) is 10.9 Å². The molecule has 0 saturated carbocycles. The molecule has 0 spiro atoms. The zero-order valence-electron chi connectivity index (χ0n) is 14.4. The van der Waals surface area contributed by atoms with E-state index in [1.165, 1.54) is 24.2 Å². The van der Waals surface area contributed by atoms with Crippen LogP contribution in [0.5, 0.6) is 0 Å². The number of nitrogens with zero attached hydrogens (tertiary/aromatic N) is 3. The predicted octanol–water partition coefficient (Wildman–Crippen LogP) is 2.48. The van der Waals surface area contributed by atoms with Crippen molar-refractivity contribution in [2.24, 2.45) is 5.73 Å². The van der Waals surface area contributed by atoms with E-state index in [0.29, 0.717) is 22.1 Å². The molecule has 138 valence electrons. The normalized spacial score (nSPS) is 13.7. The zero-order chi connectivity index (χ0) is 18.8. The minimum absolute atomic E-state index is 0.261. The summed E-state index contributed by atoms with van der Waals surface area (Å²) < 4.78 is 0. The van der Waals surface area contributed by atoms with Crippen molar-refractivity contribution < 1.29 is 9.59 Å². The Hall–Kier alpha value is -3.20. The summed E-state index contributed by atoms with van der Waals surface area (Å²) >= 11 is 1.31. The summed E-state index contributed by atoms with van der Waals surface area (Å²) in [6, 6.07) is 5.28. The lowest BCUT2D eigenvalue weighted by molar-refractivity contribution is 0.0994. The van der Waals surface area contributed by atoms with Crippen LogP contribution in [0.1, 0.15) is 33.7 Å². The third-order valence-electron chi connectivity index (χ3n) is 4.41. The van der Waals surface area contributed by atoms with Crippen LogP contribution in [0.25, 0.3) is 11.3 Å². The van der Waals surface area contributed by atoms with Crippen LogP contribution >= 0.6 is 11.3 Å². The molecule has 2 amide bonds. The third kappa shape index (κ3) is 3.68. The second-order valence-corrected chi connectivity index (χ2v) is 7.12. The Morgan fingerprint density at radius 3 is 2.74 bits per heavy atom. The van der Waals surface area contributed by atoms with E-state index in [1.807, 2.05) is 6.07 Å². The fourth-order valence-electron chi connectivity index (χ4n) is 2.97. The minimum atomic E-state index is -0.533. The van der Waals surface area contributed by atoms with Crippen molar-refractivity contribution in [1.82, 2.24) is 15.0 Å². The molecule has 8 nitrogen and oxygen atoms in total. The van der Waals surface area contributed by atoms with E-state index in [-0.39, 0.29) is 5.91 Å². The molecule has 3 aromatic heterocycles. The molecular formula is C18H18N6O2S. The second-order valence-electron chi connectivity index (χ2n) is 6.26. The van der Waals surface area contributed by atoms with E-state index in [4.69, 9.17) is 5.73 Å². The van der Waals surface area contributed by atoms with Crippen molar-refractivity contribution >= 4 is 34.1 Å². The fourth-order valence-corrected chi connectivity index (χ4v) is 3.69. The van der Waals surface area contributed by atoms with Crippen LogP contribution in [0, 0.1) is 0 Å². The maximum atomic E-state index is 12.4. The summed E-state index contributed by atoms with van der Waals surface area (Å²) in [5.74, 6) is 0.108. The van der Waals surface area contributed by atoms with Crippen LogP contribution < -0.4 is 16.0 Å². The Balaban J connectivity index is 1.43. The predicted molar refractivity (Wildman–Crippen MR) is 104 cm³/mol. The fraction of sp³-hybridized carbons (Fsp3) is 0.222. The molecule has 1 aliphatic heterocycles. The summed E-state index contributed by atoms with van der Waals surface area (Å²) in [4.78, 5) is 37.4. The zero-order valence-corrected chi connectivity index (χ0v) is 15.3. The minimum Gasteiger partial charge on any atom is -0.364 e. The molecule has 4 N–H and O–H groups in total. The molecule has 27 heavy (non-hydrogen) atoms. The third-order valence-corrected chi connectivity index (χ3v) is 5.17. The van der Waals surface area contributed by atoms with E-state index >= 15 is 0 Å². The molecule has 1 fully saturated rings. The van der Waals surface area contributed by atoms with Crippen LogP contribution in [0.15, 0.2) is 36.0 Å². The van der Waals surface area contributed by atoms with Gasteiger partial charge in [-0.15, -0.1) is 11.3 Å². The second kappa shape index (κ2) is 7.20. The molecule has 4 heterocycles. The number of hydrogen-bond donors (Lipinski definition) is 3. The average Bonchev–Trinajstić information content (AvgIpc) is 3.42. The van der Waals surface area contributed by atoms with E-state index in [9.17, 15) is 9.59 Å². The van der Waals surface area contributed by atoms with Crippen LogP contribution in [0.3, 0.4) is 0 Å². The van der Waals surface area contributed by atoms with Crippen molar-refractivity contribution in [1.29, 1.82) is 0 Å². The highest BCUT2D eigenvalue weighted by atomic mass is 32.1. The van der Waals surface area contributed by atoms with E-state index in [1.54, 1.807) is 29.9 Å². The molecule has 0 radical (unpaired) electrons. The number of thiazole rings is 1. The first kappa shape index (κ1) is 17.2. The van der Waals surface area contributed by atoms with Crippen LogP contribution in [-0.4, -0.2) is 39.9 Å². The number of aromatic amines is 1. The van der Waals surface area contributed by atoms with Gasteiger partial charge in [0.25, 0.3) is 11.8 Å². The van der Waals surface area contributed by atoms with Gasteiger partial charge in [-0.1, -0.05) is 0 Å². The molecule has 0 bridgehead atoms. The summed E-state index contributed by atoms with van der Waals surface area (Å²) in [5.41, 5.74) is 7.42. The molecule has 0 atom stereocenters. The van der Waals surface area contributed by atoms with E-state index < -0.39 is 5.91 Å². The van der Waals surface area contributed by atoms with Gasteiger partial charge in [0.1, 0.15) is 11.5 Å². The monoisotopic (exact) mass is 382 g/mol. The molecule has 0 aliphatic carbocycles. The topological polar surface area (TPSA) is 117 Å². The molecule has 0 unspecified atom stereocenters. The number of anilines is 2. The number of primary amides is 1. The lowest BCUT2D eigenvalue weighted by atomic mass is 10.2. The van der Waals surface area contributed by atoms with E-state index in [0.717, 1.165) is 24.5 Å². The van der Waals surface area contributed by atoms with Gasteiger partial charge in [-0.3, -0.25) is 14.9 Å². The van der Waals surface area contributed by atoms with Crippen molar-refractivity contribution in [2.45, 2.75) is 12.8 Å². The van der Waals surface area contributed by atoms with Crippen molar-refractivity contribution in [2.75, 3.05) is 23.3 Å². The number of hydrogen-bond acceptors (Lipinski definition) is 6. The number of carbonyl (C=O) groups excluding carboxylic acids is 2. The van der Waals surface area contributed by atoms with Gasteiger partial charge in [-0.25, -0.2) is 9.97 Å². The summed E-state index contributed by atoms with van der Waals surface area (Å²) in [5, 5.41) is 5.06. The Bertz CT molecular complexity index is 972. The summed E-state index contributed by atoms with van der Waals surface area (Å²) in [7, 11) is 0. The molecule has 1 saturated heterocycles. The van der Waals surface area contributed by atoms with Gasteiger partial charge in [-0.05, 0) is 31.0 Å². The van der Waals surface area contributed by atoms with Gasteiger partial charge >= 0.3 is 0 Å². The molecule has 3 aromatic rings. The maximum Gasteiger partial charge on any atom is 0.265 e. The van der Waals surface area contributed by atoms with Crippen LogP contribution in [-0.2, 0) is 0 Å².